The van der Waals surface area contributed by atoms with E-state index in [1.54, 1.807) is 42.6 Å². The van der Waals surface area contributed by atoms with E-state index in [-0.39, 0.29) is 5.91 Å². The number of benzene rings is 2. The van der Waals surface area contributed by atoms with E-state index in [4.69, 9.17) is 16.9 Å². The lowest BCUT2D eigenvalue weighted by molar-refractivity contribution is 0.0946. The first kappa shape index (κ1) is 17.5. The number of halogens is 1. The maximum Gasteiger partial charge on any atom is 0.270 e. The van der Waals surface area contributed by atoms with Gasteiger partial charge in [0.05, 0.1) is 23.5 Å². The molecule has 1 amide bonds. The molecule has 0 atom stereocenters. The average Bonchev–Trinajstić information content (AvgIpc) is 2.68. The number of aromatic nitrogens is 1. The summed E-state index contributed by atoms with van der Waals surface area (Å²) in [5.74, 6) is -0.245. The Morgan fingerprint density at radius 3 is 2.31 bits per heavy atom. The highest BCUT2D eigenvalue weighted by atomic mass is 35.5. The first-order valence-corrected chi connectivity index (χ1v) is 8.28. The fraction of sp³-hybridized carbons (Fsp3) is 0.0500. The van der Waals surface area contributed by atoms with Gasteiger partial charge in [0.15, 0.2) is 0 Å². The van der Waals surface area contributed by atoms with Gasteiger partial charge in [-0.1, -0.05) is 23.7 Å². The summed E-state index contributed by atoms with van der Waals surface area (Å²) < 4.78 is 0. The molecule has 0 saturated heterocycles. The van der Waals surface area contributed by atoms with Gasteiger partial charge in [-0.2, -0.15) is 5.26 Å². The molecule has 26 heavy (non-hydrogen) atoms. The molecule has 0 aliphatic carbocycles. The van der Waals surface area contributed by atoms with Crippen LogP contribution in [0.5, 0.6) is 0 Å². The number of carbonyl (C=O) groups is 1. The van der Waals surface area contributed by atoms with Crippen molar-refractivity contribution in [3.05, 3.63) is 88.7 Å². The van der Waals surface area contributed by atoms with Crippen molar-refractivity contribution in [2.75, 3.05) is 5.32 Å². The van der Waals surface area contributed by atoms with Crippen LogP contribution in [0.25, 0.3) is 0 Å². The second-order valence-electron chi connectivity index (χ2n) is 5.56. The molecule has 0 fully saturated rings. The Balaban J connectivity index is 1.58. The zero-order valence-electron chi connectivity index (χ0n) is 13.7. The number of pyridine rings is 1. The van der Waals surface area contributed by atoms with Crippen molar-refractivity contribution in [2.45, 2.75) is 6.54 Å². The molecule has 0 aliphatic rings. The standard InChI is InChI=1S/C20H15ClN4O/c21-16-5-1-15(2-6-16)12-24-20(26)19-10-9-18(13-23-19)25-17-7-3-14(11-22)4-8-17/h1-10,13,25H,12H2,(H,24,26). The Labute approximate surface area is 156 Å². The largest absolute Gasteiger partial charge is 0.354 e. The summed E-state index contributed by atoms with van der Waals surface area (Å²) in [5, 5.41) is 15.5. The van der Waals surface area contributed by atoms with Crippen molar-refractivity contribution >= 4 is 28.9 Å². The Kier molecular flexibility index (Phi) is 5.47. The first-order valence-electron chi connectivity index (χ1n) is 7.90. The van der Waals surface area contributed by atoms with Crippen LogP contribution in [-0.4, -0.2) is 10.9 Å². The van der Waals surface area contributed by atoms with Gasteiger partial charge >= 0.3 is 0 Å². The number of hydrogen-bond acceptors (Lipinski definition) is 4. The number of anilines is 2. The molecule has 2 N–H and O–H groups in total. The van der Waals surface area contributed by atoms with Gasteiger partial charge in [0, 0.05) is 17.3 Å². The van der Waals surface area contributed by atoms with Gasteiger partial charge in [-0.15, -0.1) is 0 Å². The van der Waals surface area contributed by atoms with Crippen molar-refractivity contribution in [1.82, 2.24) is 10.3 Å². The highest BCUT2D eigenvalue weighted by Crippen LogP contribution is 2.16. The monoisotopic (exact) mass is 362 g/mol. The van der Waals surface area contributed by atoms with E-state index in [1.807, 2.05) is 24.3 Å². The third-order valence-electron chi connectivity index (χ3n) is 3.67. The molecular weight excluding hydrogens is 348 g/mol. The molecule has 0 spiro atoms. The minimum Gasteiger partial charge on any atom is -0.354 e. The molecule has 3 rings (SSSR count). The topological polar surface area (TPSA) is 77.8 Å². The van der Waals surface area contributed by atoms with Gasteiger partial charge in [0.2, 0.25) is 0 Å². The zero-order valence-corrected chi connectivity index (χ0v) is 14.5. The van der Waals surface area contributed by atoms with Crippen molar-refractivity contribution in [2.24, 2.45) is 0 Å². The van der Waals surface area contributed by atoms with Crippen LogP contribution in [0.4, 0.5) is 11.4 Å². The number of rotatable bonds is 5. The van der Waals surface area contributed by atoms with Crippen molar-refractivity contribution in [3.63, 3.8) is 0 Å². The van der Waals surface area contributed by atoms with Crippen LogP contribution in [0.3, 0.4) is 0 Å². The maximum atomic E-state index is 12.2. The van der Waals surface area contributed by atoms with Crippen molar-refractivity contribution in [1.29, 1.82) is 5.26 Å². The van der Waals surface area contributed by atoms with E-state index in [2.05, 4.69) is 21.7 Å². The molecule has 5 nitrogen and oxygen atoms in total. The van der Waals surface area contributed by atoms with E-state index in [1.165, 1.54) is 0 Å². The van der Waals surface area contributed by atoms with Gasteiger partial charge in [-0.25, -0.2) is 4.98 Å². The summed E-state index contributed by atoms with van der Waals surface area (Å²) in [5.41, 5.74) is 3.49. The van der Waals surface area contributed by atoms with Crippen molar-refractivity contribution in [3.8, 4) is 6.07 Å². The zero-order chi connectivity index (χ0) is 18.4. The molecule has 1 aromatic heterocycles. The van der Waals surface area contributed by atoms with Gasteiger partial charge in [-0.05, 0) is 54.1 Å². The fourth-order valence-corrected chi connectivity index (χ4v) is 2.40. The number of hydrogen-bond donors (Lipinski definition) is 2. The molecule has 2 aromatic carbocycles. The van der Waals surface area contributed by atoms with Crippen LogP contribution in [0.1, 0.15) is 21.6 Å². The Morgan fingerprint density at radius 2 is 1.69 bits per heavy atom. The van der Waals surface area contributed by atoms with Gasteiger partial charge in [-0.3, -0.25) is 4.79 Å². The molecule has 128 valence electrons. The fourth-order valence-electron chi connectivity index (χ4n) is 2.27. The SMILES string of the molecule is N#Cc1ccc(Nc2ccc(C(=O)NCc3ccc(Cl)cc3)nc2)cc1. The minimum atomic E-state index is -0.245. The lowest BCUT2D eigenvalue weighted by Gasteiger charge is -2.08. The van der Waals surface area contributed by atoms with E-state index in [0.717, 1.165) is 16.9 Å². The normalized spacial score (nSPS) is 10.0. The lowest BCUT2D eigenvalue weighted by atomic mass is 10.2. The van der Waals surface area contributed by atoms with Crippen LogP contribution >= 0.6 is 11.6 Å². The summed E-state index contributed by atoms with van der Waals surface area (Å²) in [4.78, 5) is 16.4. The minimum absolute atomic E-state index is 0.245. The third kappa shape index (κ3) is 4.59. The molecule has 3 aromatic rings. The van der Waals surface area contributed by atoms with E-state index in [0.29, 0.717) is 22.8 Å². The molecule has 1 heterocycles. The van der Waals surface area contributed by atoms with Crippen LogP contribution in [0.2, 0.25) is 5.02 Å². The van der Waals surface area contributed by atoms with Gasteiger partial charge < -0.3 is 10.6 Å². The number of nitrogens with one attached hydrogen (secondary N) is 2. The molecule has 0 aliphatic heterocycles. The van der Waals surface area contributed by atoms with E-state index in [9.17, 15) is 4.79 Å². The van der Waals surface area contributed by atoms with E-state index < -0.39 is 0 Å². The second kappa shape index (κ2) is 8.15. The highest BCUT2D eigenvalue weighted by molar-refractivity contribution is 6.30. The van der Waals surface area contributed by atoms with Gasteiger partial charge in [0.25, 0.3) is 5.91 Å². The predicted molar refractivity (Wildman–Crippen MR) is 101 cm³/mol. The number of amides is 1. The quantitative estimate of drug-likeness (QED) is 0.710. The average molecular weight is 363 g/mol. The number of nitriles is 1. The second-order valence-corrected chi connectivity index (χ2v) is 5.99. The summed E-state index contributed by atoms with van der Waals surface area (Å²) in [6.45, 7) is 0.406. The molecule has 0 radical (unpaired) electrons. The van der Waals surface area contributed by atoms with Crippen LogP contribution in [-0.2, 0) is 6.54 Å². The maximum absolute atomic E-state index is 12.2. The third-order valence-corrected chi connectivity index (χ3v) is 3.92. The summed E-state index contributed by atoms with van der Waals surface area (Å²) in [6.07, 6.45) is 1.59. The molecular formula is C20H15ClN4O. The highest BCUT2D eigenvalue weighted by Gasteiger charge is 2.07. The number of nitrogens with zero attached hydrogens (tertiary/aromatic N) is 2. The molecule has 0 bridgehead atoms. The number of carbonyl (C=O) groups excluding carboxylic acids is 1. The molecule has 0 saturated carbocycles. The van der Waals surface area contributed by atoms with Gasteiger partial charge in [0.1, 0.15) is 5.69 Å². The first-order chi connectivity index (χ1) is 12.6. The smallest absolute Gasteiger partial charge is 0.270 e. The Morgan fingerprint density at radius 1 is 1.00 bits per heavy atom. The lowest BCUT2D eigenvalue weighted by Crippen LogP contribution is -2.23. The Bertz CT molecular complexity index is 930. The van der Waals surface area contributed by atoms with Crippen LogP contribution < -0.4 is 10.6 Å². The van der Waals surface area contributed by atoms with Crippen LogP contribution in [0.15, 0.2) is 66.9 Å². The van der Waals surface area contributed by atoms with Crippen molar-refractivity contribution < 1.29 is 4.79 Å². The molecule has 0 unspecified atom stereocenters. The van der Waals surface area contributed by atoms with E-state index >= 15 is 0 Å². The summed E-state index contributed by atoms with van der Waals surface area (Å²) in [6, 6.07) is 19.9. The predicted octanol–water partition coefficient (Wildman–Crippen LogP) is 4.28. The summed E-state index contributed by atoms with van der Waals surface area (Å²) >= 11 is 5.84. The molecule has 6 heteroatoms. The summed E-state index contributed by atoms with van der Waals surface area (Å²) in [7, 11) is 0. The Hall–Kier alpha value is -3.36. The van der Waals surface area contributed by atoms with Crippen LogP contribution in [0, 0.1) is 11.3 Å².